The molecule has 3 N–H and O–H groups in total. The number of aryl methyl sites for hydroxylation is 1. The molecule has 2 aromatic carbocycles. The van der Waals surface area contributed by atoms with Gasteiger partial charge in [-0.05, 0) is 31.2 Å². The third-order valence-corrected chi connectivity index (χ3v) is 3.66. The molecule has 1 amide bonds. The Bertz CT molecular complexity index is 927. The summed E-state index contributed by atoms with van der Waals surface area (Å²) in [7, 11) is 0. The van der Waals surface area contributed by atoms with Gasteiger partial charge < -0.3 is 15.4 Å². The van der Waals surface area contributed by atoms with E-state index in [9.17, 15) is 14.7 Å². The number of para-hydroxylation sites is 1. The van der Waals surface area contributed by atoms with Gasteiger partial charge in [-0.2, -0.15) is 0 Å². The van der Waals surface area contributed by atoms with Crippen molar-refractivity contribution in [2.24, 2.45) is 0 Å². The van der Waals surface area contributed by atoms with Crippen LogP contribution in [0, 0.1) is 6.92 Å². The number of pyridine rings is 1. The first-order valence-electron chi connectivity index (χ1n) is 7.24. The van der Waals surface area contributed by atoms with Gasteiger partial charge in [0, 0.05) is 11.1 Å². The first-order valence-corrected chi connectivity index (χ1v) is 7.24. The number of anilines is 1. The standard InChI is InChI=1S/C18H16N2O3/c1-11-6-8-12(9-7-11)19-16(21)10-14-17(22)13-4-2-3-5-15(13)20-18(14)23/h2-9H,10H2,1H3,(H,19,21)(H2,20,22,23). The molecular weight excluding hydrogens is 292 g/mol. The number of aromatic nitrogens is 1. The normalized spacial score (nSPS) is 10.7. The smallest absolute Gasteiger partial charge is 0.255 e. The van der Waals surface area contributed by atoms with Gasteiger partial charge in [-0.3, -0.25) is 9.59 Å². The molecule has 116 valence electrons. The zero-order valence-electron chi connectivity index (χ0n) is 12.6. The van der Waals surface area contributed by atoms with Crippen molar-refractivity contribution in [1.29, 1.82) is 0 Å². The number of aromatic amines is 1. The van der Waals surface area contributed by atoms with E-state index in [2.05, 4.69) is 10.3 Å². The predicted molar refractivity (Wildman–Crippen MR) is 89.7 cm³/mol. The minimum atomic E-state index is -0.458. The highest BCUT2D eigenvalue weighted by Crippen LogP contribution is 2.24. The summed E-state index contributed by atoms with van der Waals surface area (Å²) in [6, 6.07) is 14.3. The number of benzene rings is 2. The van der Waals surface area contributed by atoms with Gasteiger partial charge in [0.05, 0.1) is 17.5 Å². The number of amides is 1. The Morgan fingerprint density at radius 3 is 2.57 bits per heavy atom. The van der Waals surface area contributed by atoms with E-state index in [0.717, 1.165) is 5.56 Å². The molecule has 0 aliphatic carbocycles. The summed E-state index contributed by atoms with van der Waals surface area (Å²) in [5.74, 6) is -0.506. The molecule has 0 spiro atoms. The van der Waals surface area contributed by atoms with Crippen LogP contribution in [0.25, 0.3) is 10.9 Å². The average molecular weight is 308 g/mol. The number of aromatic hydroxyl groups is 1. The Kier molecular flexibility index (Phi) is 3.85. The van der Waals surface area contributed by atoms with Crippen LogP contribution in [0.15, 0.2) is 53.3 Å². The van der Waals surface area contributed by atoms with E-state index in [1.807, 2.05) is 19.1 Å². The molecule has 3 aromatic rings. The second kappa shape index (κ2) is 5.96. The first-order chi connectivity index (χ1) is 11.0. The van der Waals surface area contributed by atoms with Crippen LogP contribution in [0.4, 0.5) is 5.69 Å². The number of H-pyrrole nitrogens is 1. The lowest BCUT2D eigenvalue weighted by Gasteiger charge is -2.08. The van der Waals surface area contributed by atoms with Crippen LogP contribution < -0.4 is 10.9 Å². The van der Waals surface area contributed by atoms with Crippen LogP contribution in [0.2, 0.25) is 0 Å². The number of carbonyl (C=O) groups is 1. The molecule has 1 heterocycles. The van der Waals surface area contributed by atoms with Gasteiger partial charge in [-0.25, -0.2) is 0 Å². The van der Waals surface area contributed by atoms with Crippen LogP contribution in [0.3, 0.4) is 0 Å². The van der Waals surface area contributed by atoms with Crippen LogP contribution in [0.5, 0.6) is 5.75 Å². The number of fused-ring (bicyclic) bond motifs is 1. The van der Waals surface area contributed by atoms with Crippen LogP contribution in [-0.2, 0) is 11.2 Å². The van der Waals surface area contributed by atoms with E-state index in [1.165, 1.54) is 0 Å². The number of nitrogens with one attached hydrogen (secondary N) is 2. The molecular formula is C18H16N2O3. The van der Waals surface area contributed by atoms with Crippen LogP contribution >= 0.6 is 0 Å². The SMILES string of the molecule is Cc1ccc(NC(=O)Cc2c(O)c3ccccc3[nH]c2=O)cc1. The Hall–Kier alpha value is -3.08. The highest BCUT2D eigenvalue weighted by Gasteiger charge is 2.15. The number of rotatable bonds is 3. The molecule has 5 heteroatoms. The predicted octanol–water partition coefficient (Wildman–Crippen LogP) is 2.72. The molecule has 0 aliphatic rings. The van der Waals surface area contributed by atoms with Crippen molar-refractivity contribution in [3.63, 3.8) is 0 Å². The summed E-state index contributed by atoms with van der Waals surface area (Å²) in [4.78, 5) is 26.9. The first kappa shape index (κ1) is 14.8. The lowest BCUT2D eigenvalue weighted by atomic mass is 10.1. The van der Waals surface area contributed by atoms with Gasteiger partial charge in [-0.15, -0.1) is 0 Å². The average Bonchev–Trinajstić information content (AvgIpc) is 2.54. The van der Waals surface area contributed by atoms with Crippen molar-refractivity contribution in [2.75, 3.05) is 5.32 Å². The number of hydrogen-bond donors (Lipinski definition) is 3. The van der Waals surface area contributed by atoms with Crippen molar-refractivity contribution in [2.45, 2.75) is 13.3 Å². The number of carbonyl (C=O) groups excluding carboxylic acids is 1. The Morgan fingerprint density at radius 2 is 1.83 bits per heavy atom. The Labute approximate surface area is 132 Å². The molecule has 0 bridgehead atoms. The van der Waals surface area contributed by atoms with E-state index in [-0.39, 0.29) is 23.6 Å². The lowest BCUT2D eigenvalue weighted by Crippen LogP contribution is -2.21. The van der Waals surface area contributed by atoms with Gasteiger partial charge in [0.25, 0.3) is 5.56 Å². The Morgan fingerprint density at radius 1 is 1.13 bits per heavy atom. The lowest BCUT2D eigenvalue weighted by molar-refractivity contribution is -0.115. The largest absolute Gasteiger partial charge is 0.507 e. The third-order valence-electron chi connectivity index (χ3n) is 3.66. The van der Waals surface area contributed by atoms with Crippen molar-refractivity contribution in [1.82, 2.24) is 4.98 Å². The fourth-order valence-electron chi connectivity index (χ4n) is 2.43. The van der Waals surface area contributed by atoms with E-state index < -0.39 is 5.56 Å². The maximum atomic E-state index is 12.1. The maximum absolute atomic E-state index is 12.1. The molecule has 5 nitrogen and oxygen atoms in total. The van der Waals surface area contributed by atoms with Gasteiger partial charge in [0.2, 0.25) is 5.91 Å². The fraction of sp³-hybridized carbons (Fsp3) is 0.111. The zero-order valence-corrected chi connectivity index (χ0v) is 12.6. The van der Waals surface area contributed by atoms with Gasteiger partial charge in [0.15, 0.2) is 0 Å². The van der Waals surface area contributed by atoms with Crippen molar-refractivity contribution >= 4 is 22.5 Å². The maximum Gasteiger partial charge on any atom is 0.255 e. The molecule has 0 saturated carbocycles. The fourth-order valence-corrected chi connectivity index (χ4v) is 2.43. The van der Waals surface area contributed by atoms with E-state index >= 15 is 0 Å². The molecule has 0 unspecified atom stereocenters. The number of hydrogen-bond acceptors (Lipinski definition) is 3. The highest BCUT2D eigenvalue weighted by molar-refractivity contribution is 5.94. The molecule has 0 aliphatic heterocycles. The third kappa shape index (κ3) is 3.08. The van der Waals surface area contributed by atoms with Crippen LogP contribution in [0.1, 0.15) is 11.1 Å². The summed E-state index contributed by atoms with van der Waals surface area (Å²) in [6.45, 7) is 1.96. The summed E-state index contributed by atoms with van der Waals surface area (Å²) in [5.41, 5.74) is 1.88. The molecule has 3 rings (SSSR count). The van der Waals surface area contributed by atoms with Crippen molar-refractivity contribution < 1.29 is 9.90 Å². The van der Waals surface area contributed by atoms with E-state index in [0.29, 0.717) is 16.6 Å². The van der Waals surface area contributed by atoms with E-state index in [1.54, 1.807) is 36.4 Å². The zero-order chi connectivity index (χ0) is 16.4. The molecule has 23 heavy (non-hydrogen) atoms. The van der Waals surface area contributed by atoms with Gasteiger partial charge in [-0.1, -0.05) is 29.8 Å². The topological polar surface area (TPSA) is 82.2 Å². The van der Waals surface area contributed by atoms with Crippen molar-refractivity contribution in [3.05, 3.63) is 70.0 Å². The minimum Gasteiger partial charge on any atom is -0.507 e. The second-order valence-electron chi connectivity index (χ2n) is 5.42. The minimum absolute atomic E-state index is 0.0633. The monoisotopic (exact) mass is 308 g/mol. The van der Waals surface area contributed by atoms with Gasteiger partial charge in [0.1, 0.15) is 5.75 Å². The molecule has 0 radical (unpaired) electrons. The summed E-state index contributed by atoms with van der Waals surface area (Å²) in [5, 5.41) is 13.5. The Balaban J connectivity index is 1.87. The molecule has 0 saturated heterocycles. The van der Waals surface area contributed by atoms with E-state index in [4.69, 9.17) is 0 Å². The molecule has 0 atom stereocenters. The summed E-state index contributed by atoms with van der Waals surface area (Å²) < 4.78 is 0. The summed E-state index contributed by atoms with van der Waals surface area (Å²) in [6.07, 6.45) is -0.195. The van der Waals surface area contributed by atoms with Crippen LogP contribution in [-0.4, -0.2) is 16.0 Å². The quantitative estimate of drug-likeness (QED) is 0.696. The molecule has 0 fully saturated rings. The highest BCUT2D eigenvalue weighted by atomic mass is 16.3. The van der Waals surface area contributed by atoms with Gasteiger partial charge >= 0.3 is 0 Å². The molecule has 1 aromatic heterocycles. The second-order valence-corrected chi connectivity index (χ2v) is 5.42. The summed E-state index contributed by atoms with van der Waals surface area (Å²) >= 11 is 0. The van der Waals surface area contributed by atoms with Crippen molar-refractivity contribution in [3.8, 4) is 5.75 Å².